The average molecular weight is 169 g/mol. The Bertz CT molecular complexity index is 87.6. The first-order chi connectivity index (χ1) is 5.81. The van der Waals surface area contributed by atoms with E-state index in [2.05, 4.69) is 25.5 Å². The SMILES string of the molecule is C1CCCC1.C=CCN(C)CC. The zero-order chi connectivity index (χ0) is 9.23. The van der Waals surface area contributed by atoms with Gasteiger partial charge in [-0.1, -0.05) is 45.1 Å². The Morgan fingerprint density at radius 1 is 1.17 bits per heavy atom. The Morgan fingerprint density at radius 3 is 1.75 bits per heavy atom. The summed E-state index contributed by atoms with van der Waals surface area (Å²) in [5.74, 6) is 0. The summed E-state index contributed by atoms with van der Waals surface area (Å²) in [6.07, 6.45) is 9.41. The molecule has 0 N–H and O–H groups in total. The molecular weight excluding hydrogens is 146 g/mol. The molecule has 1 rings (SSSR count). The fraction of sp³-hybridized carbons (Fsp3) is 0.818. The molecule has 1 heteroatoms. The predicted octanol–water partition coefficient (Wildman–Crippen LogP) is 3.07. The van der Waals surface area contributed by atoms with E-state index in [0.29, 0.717) is 0 Å². The molecule has 1 aliphatic carbocycles. The quantitative estimate of drug-likeness (QED) is 0.587. The van der Waals surface area contributed by atoms with Gasteiger partial charge in [0.15, 0.2) is 0 Å². The summed E-state index contributed by atoms with van der Waals surface area (Å²) in [4.78, 5) is 2.19. The Hall–Kier alpha value is -0.300. The van der Waals surface area contributed by atoms with Crippen molar-refractivity contribution < 1.29 is 0 Å². The molecule has 0 atom stereocenters. The van der Waals surface area contributed by atoms with Crippen LogP contribution in [0, 0.1) is 0 Å². The van der Waals surface area contributed by atoms with Crippen LogP contribution < -0.4 is 0 Å². The van der Waals surface area contributed by atoms with Crippen molar-refractivity contribution in [1.82, 2.24) is 4.90 Å². The van der Waals surface area contributed by atoms with Crippen LogP contribution in [-0.2, 0) is 0 Å². The molecule has 1 fully saturated rings. The number of nitrogens with zero attached hydrogens (tertiary/aromatic N) is 1. The van der Waals surface area contributed by atoms with Crippen LogP contribution in [0.25, 0.3) is 0 Å². The third-order valence-corrected chi connectivity index (χ3v) is 2.23. The number of rotatable bonds is 3. The summed E-state index contributed by atoms with van der Waals surface area (Å²) in [7, 11) is 2.07. The van der Waals surface area contributed by atoms with Crippen LogP contribution in [0.5, 0.6) is 0 Å². The Kier molecular flexibility index (Phi) is 8.57. The Labute approximate surface area is 77.5 Å². The molecule has 0 spiro atoms. The summed E-state index contributed by atoms with van der Waals surface area (Å²) in [5, 5.41) is 0. The molecule has 0 aromatic carbocycles. The predicted molar refractivity (Wildman–Crippen MR) is 56.5 cm³/mol. The van der Waals surface area contributed by atoms with Crippen molar-refractivity contribution in [3.05, 3.63) is 12.7 Å². The highest BCUT2D eigenvalue weighted by Gasteiger charge is 1.95. The Morgan fingerprint density at radius 2 is 1.58 bits per heavy atom. The molecule has 0 aromatic rings. The van der Waals surface area contributed by atoms with E-state index in [1.54, 1.807) is 0 Å². The highest BCUT2D eigenvalue weighted by molar-refractivity contribution is 4.69. The minimum absolute atomic E-state index is 0.997. The summed E-state index contributed by atoms with van der Waals surface area (Å²) in [5.41, 5.74) is 0. The minimum atomic E-state index is 0.997. The van der Waals surface area contributed by atoms with E-state index < -0.39 is 0 Å². The number of hydrogen-bond acceptors (Lipinski definition) is 1. The van der Waals surface area contributed by atoms with E-state index in [9.17, 15) is 0 Å². The molecule has 1 saturated carbocycles. The first-order valence-electron chi connectivity index (χ1n) is 5.10. The maximum Gasteiger partial charge on any atom is 0.0157 e. The van der Waals surface area contributed by atoms with Crippen molar-refractivity contribution in [3.8, 4) is 0 Å². The lowest BCUT2D eigenvalue weighted by Gasteiger charge is -2.08. The lowest BCUT2D eigenvalue weighted by Crippen LogP contribution is -2.16. The molecule has 72 valence electrons. The standard InChI is InChI=1S/C6H13N.C5H10/c1-4-6-7(3)5-2;1-2-4-5-3-1/h4H,1,5-6H2,2-3H3;1-5H2. The van der Waals surface area contributed by atoms with Crippen LogP contribution in [-0.4, -0.2) is 25.0 Å². The first-order valence-corrected chi connectivity index (χ1v) is 5.10. The van der Waals surface area contributed by atoms with Crippen molar-refractivity contribution >= 4 is 0 Å². The molecule has 0 bridgehead atoms. The van der Waals surface area contributed by atoms with Gasteiger partial charge in [0.1, 0.15) is 0 Å². The van der Waals surface area contributed by atoms with Crippen molar-refractivity contribution in [2.24, 2.45) is 0 Å². The van der Waals surface area contributed by atoms with Gasteiger partial charge in [0.25, 0.3) is 0 Å². The average Bonchev–Trinajstić information content (AvgIpc) is 2.62. The lowest BCUT2D eigenvalue weighted by molar-refractivity contribution is 0.392. The minimum Gasteiger partial charge on any atom is -0.303 e. The van der Waals surface area contributed by atoms with E-state index in [-0.39, 0.29) is 0 Å². The summed E-state index contributed by atoms with van der Waals surface area (Å²) < 4.78 is 0. The van der Waals surface area contributed by atoms with Gasteiger partial charge in [0, 0.05) is 6.54 Å². The second kappa shape index (κ2) is 8.79. The molecule has 0 amide bonds. The molecule has 0 aromatic heterocycles. The van der Waals surface area contributed by atoms with Crippen LogP contribution in [0.1, 0.15) is 39.0 Å². The molecule has 0 aliphatic heterocycles. The topological polar surface area (TPSA) is 3.24 Å². The summed E-state index contributed by atoms with van der Waals surface area (Å²) >= 11 is 0. The van der Waals surface area contributed by atoms with Gasteiger partial charge in [0.05, 0.1) is 0 Å². The van der Waals surface area contributed by atoms with E-state index in [1.165, 1.54) is 32.1 Å². The van der Waals surface area contributed by atoms with Gasteiger partial charge in [-0.15, -0.1) is 6.58 Å². The van der Waals surface area contributed by atoms with Gasteiger partial charge in [-0.05, 0) is 13.6 Å². The van der Waals surface area contributed by atoms with Crippen LogP contribution in [0.3, 0.4) is 0 Å². The summed E-state index contributed by atoms with van der Waals surface area (Å²) in [6.45, 7) is 7.84. The highest BCUT2D eigenvalue weighted by atomic mass is 15.1. The van der Waals surface area contributed by atoms with E-state index in [4.69, 9.17) is 0 Å². The van der Waals surface area contributed by atoms with Crippen LogP contribution in [0.15, 0.2) is 12.7 Å². The maximum atomic E-state index is 3.61. The van der Waals surface area contributed by atoms with Crippen LogP contribution in [0.2, 0.25) is 0 Å². The molecule has 12 heavy (non-hydrogen) atoms. The zero-order valence-electron chi connectivity index (χ0n) is 8.68. The molecule has 0 radical (unpaired) electrons. The van der Waals surface area contributed by atoms with E-state index in [1.807, 2.05) is 6.08 Å². The van der Waals surface area contributed by atoms with Crippen molar-refractivity contribution in [2.45, 2.75) is 39.0 Å². The van der Waals surface area contributed by atoms with Crippen molar-refractivity contribution in [3.63, 3.8) is 0 Å². The van der Waals surface area contributed by atoms with Crippen molar-refractivity contribution in [1.29, 1.82) is 0 Å². The normalized spacial score (nSPS) is 15.6. The second-order valence-electron chi connectivity index (χ2n) is 3.41. The monoisotopic (exact) mass is 169 g/mol. The Balaban J connectivity index is 0.000000211. The molecule has 1 aliphatic rings. The molecule has 1 nitrogen and oxygen atoms in total. The van der Waals surface area contributed by atoms with Crippen molar-refractivity contribution in [2.75, 3.05) is 20.1 Å². The zero-order valence-corrected chi connectivity index (χ0v) is 8.68. The van der Waals surface area contributed by atoms with Gasteiger partial charge in [0.2, 0.25) is 0 Å². The van der Waals surface area contributed by atoms with Gasteiger partial charge in [-0.3, -0.25) is 0 Å². The number of hydrogen-bond donors (Lipinski definition) is 0. The van der Waals surface area contributed by atoms with Gasteiger partial charge < -0.3 is 4.90 Å². The smallest absolute Gasteiger partial charge is 0.0157 e. The third kappa shape index (κ3) is 7.80. The highest BCUT2D eigenvalue weighted by Crippen LogP contribution is 2.15. The molecule has 0 saturated heterocycles. The maximum absolute atomic E-state index is 3.61. The van der Waals surface area contributed by atoms with E-state index in [0.717, 1.165) is 13.1 Å². The largest absolute Gasteiger partial charge is 0.303 e. The first kappa shape index (κ1) is 11.7. The second-order valence-corrected chi connectivity index (χ2v) is 3.41. The third-order valence-electron chi connectivity index (χ3n) is 2.23. The van der Waals surface area contributed by atoms with Crippen LogP contribution >= 0.6 is 0 Å². The lowest BCUT2D eigenvalue weighted by atomic mass is 10.4. The van der Waals surface area contributed by atoms with Gasteiger partial charge in [-0.25, -0.2) is 0 Å². The molecule has 0 heterocycles. The molecular formula is C11H23N. The van der Waals surface area contributed by atoms with Crippen LogP contribution in [0.4, 0.5) is 0 Å². The fourth-order valence-electron chi connectivity index (χ4n) is 1.23. The number of likely N-dealkylation sites (N-methyl/N-ethyl adjacent to an activating group) is 1. The molecule has 0 unspecified atom stereocenters. The summed E-state index contributed by atoms with van der Waals surface area (Å²) in [6, 6.07) is 0. The van der Waals surface area contributed by atoms with Gasteiger partial charge in [-0.2, -0.15) is 0 Å². The van der Waals surface area contributed by atoms with E-state index >= 15 is 0 Å². The fourth-order valence-corrected chi connectivity index (χ4v) is 1.23. The van der Waals surface area contributed by atoms with Gasteiger partial charge >= 0.3 is 0 Å².